The first-order chi connectivity index (χ1) is 16.7. The van der Waals surface area contributed by atoms with Crippen LogP contribution in [0.1, 0.15) is 21.7 Å². The average Bonchev–Trinajstić information content (AvgIpc) is 3.26. The molecule has 3 aromatic rings. The number of nitrogens with one attached hydrogen (secondary N) is 3. The monoisotopic (exact) mass is 521 g/mol. The molecule has 1 saturated heterocycles. The molecule has 13 heteroatoms. The summed E-state index contributed by atoms with van der Waals surface area (Å²) in [4.78, 5) is 32.6. The highest BCUT2D eigenvalue weighted by molar-refractivity contribution is 7.88. The molecule has 0 spiro atoms. The maximum Gasteiger partial charge on any atom is 0.287 e. The number of aromatic amines is 1. The number of carbonyl (C=O) groups is 1. The lowest BCUT2D eigenvalue weighted by Gasteiger charge is -2.31. The number of H-pyrrole nitrogens is 1. The SMILES string of the molecule is COc1cccc(CNC(=O)c2nc3scc(COCC4CN(S(C)(=O)=O)CCN4)c3c(=O)[nH]2)c1. The van der Waals surface area contributed by atoms with Crippen LogP contribution in [0.2, 0.25) is 0 Å². The third-order valence-electron chi connectivity index (χ3n) is 5.59. The standard InChI is InChI=1S/C22H27N5O6S2/c1-32-17-5-3-4-14(8-17)9-24-21(29)19-25-20(28)18-15(13-34-22(18)26-19)11-33-12-16-10-27(7-6-23-16)35(2,30)31/h3-5,8,13,16,23H,6-7,9-12H2,1-2H3,(H,24,29)(H,25,26,28). The van der Waals surface area contributed by atoms with E-state index < -0.39 is 21.5 Å². The van der Waals surface area contributed by atoms with Crippen molar-refractivity contribution in [2.75, 3.05) is 39.6 Å². The zero-order chi connectivity index (χ0) is 25.0. The Hall–Kier alpha value is -2.84. The van der Waals surface area contributed by atoms with Gasteiger partial charge in [0.15, 0.2) is 0 Å². The minimum Gasteiger partial charge on any atom is -0.497 e. The summed E-state index contributed by atoms with van der Waals surface area (Å²) in [6.45, 7) is 2.03. The van der Waals surface area contributed by atoms with E-state index in [1.54, 1.807) is 12.5 Å². The van der Waals surface area contributed by atoms with Gasteiger partial charge in [-0.3, -0.25) is 9.59 Å². The molecule has 1 aliphatic heterocycles. The highest BCUT2D eigenvalue weighted by Crippen LogP contribution is 2.22. The average molecular weight is 522 g/mol. The van der Waals surface area contributed by atoms with Crippen LogP contribution in [0, 0.1) is 0 Å². The third-order valence-corrected chi connectivity index (χ3v) is 7.78. The van der Waals surface area contributed by atoms with Crippen molar-refractivity contribution in [3.8, 4) is 5.75 Å². The second-order valence-electron chi connectivity index (χ2n) is 8.18. The first kappa shape index (κ1) is 25.3. The predicted molar refractivity (Wildman–Crippen MR) is 132 cm³/mol. The largest absolute Gasteiger partial charge is 0.497 e. The van der Waals surface area contributed by atoms with Gasteiger partial charge in [0.1, 0.15) is 10.6 Å². The number of fused-ring (bicyclic) bond motifs is 1. The summed E-state index contributed by atoms with van der Waals surface area (Å²) in [5, 5.41) is 8.15. The summed E-state index contributed by atoms with van der Waals surface area (Å²) in [6.07, 6.45) is 1.19. The van der Waals surface area contributed by atoms with Crippen LogP contribution in [-0.2, 0) is 27.9 Å². The lowest BCUT2D eigenvalue weighted by atomic mass is 10.2. The zero-order valence-electron chi connectivity index (χ0n) is 19.4. The number of benzene rings is 1. The van der Waals surface area contributed by atoms with E-state index in [9.17, 15) is 18.0 Å². The highest BCUT2D eigenvalue weighted by atomic mass is 32.2. The van der Waals surface area contributed by atoms with E-state index >= 15 is 0 Å². The van der Waals surface area contributed by atoms with Crippen molar-refractivity contribution < 1.29 is 22.7 Å². The molecule has 3 heterocycles. The first-order valence-corrected chi connectivity index (χ1v) is 13.6. The molecule has 1 aliphatic rings. The number of hydrogen-bond acceptors (Lipinski definition) is 9. The molecule has 0 saturated carbocycles. The Kier molecular flexibility index (Phi) is 7.82. The lowest BCUT2D eigenvalue weighted by Crippen LogP contribution is -2.53. The molecule has 1 atom stereocenters. The van der Waals surface area contributed by atoms with Crippen molar-refractivity contribution in [3.63, 3.8) is 0 Å². The summed E-state index contributed by atoms with van der Waals surface area (Å²) in [7, 11) is -1.68. The molecule has 3 N–H and O–H groups in total. The molecule has 0 radical (unpaired) electrons. The maximum absolute atomic E-state index is 12.7. The molecule has 4 rings (SSSR count). The van der Waals surface area contributed by atoms with Gasteiger partial charge in [0.25, 0.3) is 11.5 Å². The number of ether oxygens (including phenoxy) is 2. The Balaban J connectivity index is 1.37. The van der Waals surface area contributed by atoms with E-state index in [0.29, 0.717) is 47.8 Å². The van der Waals surface area contributed by atoms with E-state index in [1.165, 1.54) is 21.9 Å². The molecular weight excluding hydrogens is 494 g/mol. The topological polar surface area (TPSA) is 143 Å². The quantitative estimate of drug-likeness (QED) is 0.373. The van der Waals surface area contributed by atoms with Gasteiger partial charge in [0.2, 0.25) is 15.8 Å². The minimum absolute atomic E-state index is 0.0630. The molecule has 35 heavy (non-hydrogen) atoms. The number of aromatic nitrogens is 2. The number of hydrogen-bond donors (Lipinski definition) is 3. The molecular formula is C22H27N5O6S2. The van der Waals surface area contributed by atoms with Gasteiger partial charge in [-0.2, -0.15) is 4.31 Å². The Bertz CT molecular complexity index is 1370. The van der Waals surface area contributed by atoms with Gasteiger partial charge in [-0.05, 0) is 23.1 Å². The number of thiophene rings is 1. The van der Waals surface area contributed by atoms with Gasteiger partial charge < -0.3 is 25.1 Å². The Morgan fingerprint density at radius 1 is 1.37 bits per heavy atom. The van der Waals surface area contributed by atoms with Crippen molar-refractivity contribution in [2.24, 2.45) is 0 Å². The summed E-state index contributed by atoms with van der Waals surface area (Å²) in [5.41, 5.74) is 1.10. The van der Waals surface area contributed by atoms with Gasteiger partial charge in [-0.25, -0.2) is 13.4 Å². The fourth-order valence-corrected chi connectivity index (χ4v) is 5.59. The zero-order valence-corrected chi connectivity index (χ0v) is 21.0. The maximum atomic E-state index is 12.7. The summed E-state index contributed by atoms with van der Waals surface area (Å²) in [6, 6.07) is 7.17. The van der Waals surface area contributed by atoms with Crippen LogP contribution in [0.25, 0.3) is 10.2 Å². The summed E-state index contributed by atoms with van der Waals surface area (Å²) < 4.78 is 35.9. The van der Waals surface area contributed by atoms with Crippen LogP contribution in [0.3, 0.4) is 0 Å². The van der Waals surface area contributed by atoms with Gasteiger partial charge in [0, 0.05) is 37.8 Å². The molecule has 2 aromatic heterocycles. The molecule has 11 nitrogen and oxygen atoms in total. The Labute approximate surface area is 206 Å². The number of rotatable bonds is 9. The van der Waals surface area contributed by atoms with Crippen molar-refractivity contribution >= 4 is 37.5 Å². The first-order valence-electron chi connectivity index (χ1n) is 10.9. The van der Waals surface area contributed by atoms with E-state index in [-0.39, 0.29) is 25.0 Å². The fourth-order valence-electron chi connectivity index (χ4n) is 3.79. The van der Waals surface area contributed by atoms with E-state index in [1.807, 2.05) is 24.3 Å². The van der Waals surface area contributed by atoms with Crippen LogP contribution in [0.4, 0.5) is 0 Å². The number of piperazine rings is 1. The van der Waals surface area contributed by atoms with Crippen molar-refractivity contribution in [1.29, 1.82) is 0 Å². The second kappa shape index (κ2) is 10.8. The van der Waals surface area contributed by atoms with Crippen molar-refractivity contribution in [2.45, 2.75) is 19.2 Å². The van der Waals surface area contributed by atoms with Gasteiger partial charge >= 0.3 is 0 Å². The number of carbonyl (C=O) groups excluding carboxylic acids is 1. The minimum atomic E-state index is -3.25. The van der Waals surface area contributed by atoms with E-state index in [4.69, 9.17) is 9.47 Å². The van der Waals surface area contributed by atoms with Crippen LogP contribution in [0.5, 0.6) is 5.75 Å². The molecule has 0 bridgehead atoms. The summed E-state index contributed by atoms with van der Waals surface area (Å²) in [5.74, 6) is 0.133. The number of sulfonamides is 1. The van der Waals surface area contributed by atoms with Crippen LogP contribution < -0.4 is 20.9 Å². The van der Waals surface area contributed by atoms with Gasteiger partial charge in [-0.15, -0.1) is 11.3 Å². The number of methoxy groups -OCH3 is 1. The molecule has 188 valence electrons. The van der Waals surface area contributed by atoms with Crippen LogP contribution >= 0.6 is 11.3 Å². The molecule has 1 fully saturated rings. The van der Waals surface area contributed by atoms with Crippen molar-refractivity contribution in [3.05, 3.63) is 57.0 Å². The van der Waals surface area contributed by atoms with E-state index in [0.717, 1.165) is 5.56 Å². The normalized spacial score (nSPS) is 16.9. The van der Waals surface area contributed by atoms with E-state index in [2.05, 4.69) is 20.6 Å². The van der Waals surface area contributed by atoms with Crippen LogP contribution in [-0.4, -0.2) is 74.2 Å². The second-order valence-corrected chi connectivity index (χ2v) is 11.0. The molecule has 1 unspecified atom stereocenters. The van der Waals surface area contributed by atoms with Crippen LogP contribution in [0.15, 0.2) is 34.4 Å². The lowest BCUT2D eigenvalue weighted by molar-refractivity contribution is 0.0863. The Morgan fingerprint density at radius 2 is 2.20 bits per heavy atom. The molecule has 1 amide bonds. The van der Waals surface area contributed by atoms with Gasteiger partial charge in [-0.1, -0.05) is 12.1 Å². The molecule has 0 aliphatic carbocycles. The summed E-state index contributed by atoms with van der Waals surface area (Å²) >= 11 is 1.26. The highest BCUT2D eigenvalue weighted by Gasteiger charge is 2.25. The number of amides is 1. The Morgan fingerprint density at radius 3 is 2.97 bits per heavy atom. The van der Waals surface area contributed by atoms with Gasteiger partial charge in [0.05, 0.1) is 32.0 Å². The smallest absolute Gasteiger partial charge is 0.287 e. The number of nitrogens with zero attached hydrogens (tertiary/aromatic N) is 2. The molecule has 1 aromatic carbocycles. The fraction of sp³-hybridized carbons (Fsp3) is 0.409. The third kappa shape index (κ3) is 6.24. The predicted octanol–water partition coefficient (Wildman–Crippen LogP) is 0.673. The van der Waals surface area contributed by atoms with Crippen molar-refractivity contribution in [1.82, 2.24) is 24.9 Å².